The van der Waals surface area contributed by atoms with E-state index >= 15 is 4.39 Å². The number of fused-ring (bicyclic) bond motifs is 5. The first kappa shape index (κ1) is 15.5. The van der Waals surface area contributed by atoms with Gasteiger partial charge in [0.25, 0.3) is 0 Å². The zero-order valence-electron chi connectivity index (χ0n) is 13.9. The molecule has 3 nitrogen and oxygen atoms in total. The molecule has 0 aromatic rings. The van der Waals surface area contributed by atoms with Gasteiger partial charge >= 0.3 is 0 Å². The Morgan fingerprint density at radius 3 is 2.57 bits per heavy atom. The molecule has 0 bridgehead atoms. The summed E-state index contributed by atoms with van der Waals surface area (Å²) in [6, 6.07) is 0. The van der Waals surface area contributed by atoms with Crippen LogP contribution in [0.15, 0.2) is 11.6 Å². The molecule has 23 heavy (non-hydrogen) atoms. The van der Waals surface area contributed by atoms with Crippen molar-refractivity contribution in [3.63, 3.8) is 0 Å². The Morgan fingerprint density at radius 2 is 1.83 bits per heavy atom. The largest absolute Gasteiger partial charge is 0.390 e. The highest BCUT2D eigenvalue weighted by atomic mass is 19.1. The summed E-state index contributed by atoms with van der Waals surface area (Å²) in [4.78, 5) is 24.1. The lowest BCUT2D eigenvalue weighted by molar-refractivity contribution is -0.202. The molecule has 0 aromatic carbocycles. The van der Waals surface area contributed by atoms with Crippen molar-refractivity contribution < 1.29 is 19.1 Å². The van der Waals surface area contributed by atoms with Gasteiger partial charge in [0.2, 0.25) is 0 Å². The molecule has 3 fully saturated rings. The smallest absolute Gasteiger partial charge is 0.155 e. The fourth-order valence-electron chi connectivity index (χ4n) is 6.34. The maximum Gasteiger partial charge on any atom is 0.155 e. The number of hydrogen-bond acceptors (Lipinski definition) is 3. The van der Waals surface area contributed by atoms with Crippen LogP contribution in [-0.4, -0.2) is 28.4 Å². The van der Waals surface area contributed by atoms with Gasteiger partial charge in [0.15, 0.2) is 5.78 Å². The van der Waals surface area contributed by atoms with E-state index < -0.39 is 22.6 Å². The van der Waals surface area contributed by atoms with Gasteiger partial charge in [-0.25, -0.2) is 4.39 Å². The van der Waals surface area contributed by atoms with Crippen LogP contribution in [0, 0.1) is 22.7 Å². The van der Waals surface area contributed by atoms with E-state index in [1.807, 2.05) is 13.8 Å². The van der Waals surface area contributed by atoms with Gasteiger partial charge in [-0.3, -0.25) is 9.59 Å². The van der Waals surface area contributed by atoms with Gasteiger partial charge in [-0.05, 0) is 44.1 Å². The first-order chi connectivity index (χ1) is 10.7. The Labute approximate surface area is 136 Å². The second-order valence-electron chi connectivity index (χ2n) is 8.59. The van der Waals surface area contributed by atoms with Crippen LogP contribution in [0.4, 0.5) is 4.39 Å². The van der Waals surface area contributed by atoms with Gasteiger partial charge < -0.3 is 5.11 Å². The Bertz CT molecular complexity index is 626. The lowest BCUT2D eigenvalue weighted by Gasteiger charge is -2.62. The standard InChI is InChI=1S/C19H25FO3/c1-17-10-16(23)19(20)14(13(17)5-6-15(17)22)4-3-11-9-12(21)7-8-18(11,19)2/h9,13-14,16,23H,3-8,10H2,1-2H3/t13?,14?,16?,17?,18?,19-/m0/s1. The summed E-state index contributed by atoms with van der Waals surface area (Å²) in [6.07, 6.45) is 4.15. The van der Waals surface area contributed by atoms with Crippen LogP contribution in [0.1, 0.15) is 58.8 Å². The lowest BCUT2D eigenvalue weighted by atomic mass is 9.45. The van der Waals surface area contributed by atoms with E-state index in [9.17, 15) is 14.7 Å². The van der Waals surface area contributed by atoms with Crippen LogP contribution in [0.5, 0.6) is 0 Å². The van der Waals surface area contributed by atoms with E-state index in [1.54, 1.807) is 6.08 Å². The van der Waals surface area contributed by atoms with Crippen molar-refractivity contribution >= 4 is 11.6 Å². The fraction of sp³-hybridized carbons (Fsp3) is 0.789. The van der Waals surface area contributed by atoms with E-state index in [0.29, 0.717) is 32.1 Å². The molecule has 0 aliphatic heterocycles. The highest BCUT2D eigenvalue weighted by Crippen LogP contribution is 2.67. The van der Waals surface area contributed by atoms with Crippen LogP contribution < -0.4 is 0 Å². The molecule has 4 rings (SSSR count). The summed E-state index contributed by atoms with van der Waals surface area (Å²) < 4.78 is 16.5. The van der Waals surface area contributed by atoms with Crippen molar-refractivity contribution in [3.8, 4) is 0 Å². The fourth-order valence-corrected chi connectivity index (χ4v) is 6.34. The van der Waals surface area contributed by atoms with Crippen molar-refractivity contribution in [3.05, 3.63) is 11.6 Å². The van der Waals surface area contributed by atoms with E-state index in [2.05, 4.69) is 0 Å². The molecule has 4 aliphatic rings. The van der Waals surface area contributed by atoms with Gasteiger partial charge in [0, 0.05) is 29.6 Å². The Morgan fingerprint density at radius 1 is 1.13 bits per heavy atom. The number of carbonyl (C=O) groups excluding carboxylic acids is 2. The van der Waals surface area contributed by atoms with Crippen molar-refractivity contribution in [2.24, 2.45) is 22.7 Å². The second kappa shape index (κ2) is 4.53. The van der Waals surface area contributed by atoms with Crippen LogP contribution in [0.2, 0.25) is 0 Å². The highest BCUT2D eigenvalue weighted by Gasteiger charge is 2.70. The number of ketones is 2. The minimum Gasteiger partial charge on any atom is -0.390 e. The second-order valence-corrected chi connectivity index (χ2v) is 8.59. The van der Waals surface area contributed by atoms with Crippen LogP contribution >= 0.6 is 0 Å². The molecule has 0 radical (unpaired) electrons. The predicted octanol–water partition coefficient (Wildman–Crippen LogP) is 3.15. The number of alkyl halides is 1. The van der Waals surface area contributed by atoms with Gasteiger partial charge in [-0.15, -0.1) is 0 Å². The minimum atomic E-state index is -1.72. The number of allylic oxidation sites excluding steroid dienone is 1. The maximum absolute atomic E-state index is 16.5. The first-order valence-electron chi connectivity index (χ1n) is 8.87. The van der Waals surface area contributed by atoms with E-state index in [0.717, 1.165) is 12.0 Å². The summed E-state index contributed by atoms with van der Waals surface area (Å²) in [5, 5.41) is 10.8. The lowest BCUT2D eigenvalue weighted by Crippen LogP contribution is -2.67. The third-order valence-corrected chi connectivity index (χ3v) is 7.75. The molecule has 0 aromatic heterocycles. The Hall–Kier alpha value is -1.03. The number of Topliss-reactive ketones (excluding diaryl/α,β-unsaturated/α-hetero) is 1. The first-order valence-corrected chi connectivity index (χ1v) is 8.87. The average molecular weight is 320 g/mol. The summed E-state index contributed by atoms with van der Waals surface area (Å²) in [5.41, 5.74) is -2.18. The summed E-state index contributed by atoms with van der Waals surface area (Å²) >= 11 is 0. The molecule has 126 valence electrons. The van der Waals surface area contributed by atoms with Crippen LogP contribution in [-0.2, 0) is 9.59 Å². The topological polar surface area (TPSA) is 54.4 Å². The summed E-state index contributed by atoms with van der Waals surface area (Å²) in [7, 11) is 0. The van der Waals surface area contributed by atoms with E-state index in [4.69, 9.17) is 0 Å². The SMILES string of the molecule is CC12CC(O)[C@@]3(F)C(CCC4=CC(=O)CCC43C)C1CCC2=O. The highest BCUT2D eigenvalue weighted by molar-refractivity contribution is 5.92. The normalized spacial score (nSPS) is 52.5. The van der Waals surface area contributed by atoms with Crippen molar-refractivity contribution in [2.45, 2.75) is 70.6 Å². The number of aliphatic hydroxyl groups excluding tert-OH is 1. The van der Waals surface area contributed by atoms with Crippen molar-refractivity contribution in [2.75, 3.05) is 0 Å². The summed E-state index contributed by atoms with van der Waals surface area (Å²) in [5.74, 6) is 0.0112. The van der Waals surface area contributed by atoms with Gasteiger partial charge in [0.05, 0.1) is 6.10 Å². The molecule has 0 heterocycles. The van der Waals surface area contributed by atoms with Crippen LogP contribution in [0.3, 0.4) is 0 Å². The quantitative estimate of drug-likeness (QED) is 0.746. The molecule has 5 unspecified atom stereocenters. The number of hydrogen-bond donors (Lipinski definition) is 1. The predicted molar refractivity (Wildman–Crippen MR) is 83.5 cm³/mol. The monoisotopic (exact) mass is 320 g/mol. The average Bonchev–Trinajstić information content (AvgIpc) is 2.77. The van der Waals surface area contributed by atoms with Gasteiger partial charge in [0.1, 0.15) is 11.5 Å². The van der Waals surface area contributed by atoms with Crippen molar-refractivity contribution in [1.29, 1.82) is 0 Å². The molecule has 3 saturated carbocycles. The van der Waals surface area contributed by atoms with Crippen molar-refractivity contribution in [1.82, 2.24) is 0 Å². The van der Waals surface area contributed by atoms with Gasteiger partial charge in [-0.1, -0.05) is 19.4 Å². The molecular formula is C19H25FO3. The zero-order chi connectivity index (χ0) is 16.6. The molecule has 0 saturated heterocycles. The maximum atomic E-state index is 16.5. The third kappa shape index (κ3) is 1.68. The molecule has 0 amide bonds. The van der Waals surface area contributed by atoms with E-state index in [1.165, 1.54) is 0 Å². The summed E-state index contributed by atoms with van der Waals surface area (Å²) in [6.45, 7) is 3.81. The molecular weight excluding hydrogens is 295 g/mol. The Balaban J connectivity index is 1.83. The molecule has 6 atom stereocenters. The zero-order valence-corrected chi connectivity index (χ0v) is 13.9. The molecule has 0 spiro atoms. The van der Waals surface area contributed by atoms with E-state index in [-0.39, 0.29) is 29.8 Å². The Kier molecular flexibility index (Phi) is 3.05. The minimum absolute atomic E-state index is 0.0272. The number of aliphatic hydroxyl groups is 1. The van der Waals surface area contributed by atoms with Gasteiger partial charge in [-0.2, -0.15) is 0 Å². The number of rotatable bonds is 0. The number of halogens is 1. The molecule has 1 N–H and O–H groups in total. The molecule has 4 heteroatoms. The number of carbonyl (C=O) groups is 2. The third-order valence-electron chi connectivity index (χ3n) is 7.75. The molecule has 4 aliphatic carbocycles. The van der Waals surface area contributed by atoms with Crippen LogP contribution in [0.25, 0.3) is 0 Å².